The SMILES string of the molecule is CC(=O)c1nn(CC(=O)N2C[C@H](F)C[C@H]2C(=O)Nc2cccc(OC(F)F)n2)c2ccc(-c3cnc4cc(C)nn4c3)cc12. The number of rotatable bonds is 8. The molecule has 1 aliphatic heterocycles. The molecular weight excluding hydrogens is 581 g/mol. The van der Waals surface area contributed by atoms with Crippen molar-refractivity contribution in [3.05, 3.63) is 66.2 Å². The number of nitrogens with one attached hydrogen (secondary N) is 1. The highest BCUT2D eigenvalue weighted by atomic mass is 19.3. The number of ether oxygens (including phenoxy) is 1. The minimum Gasteiger partial charge on any atom is -0.417 e. The Kier molecular flexibility index (Phi) is 7.45. The molecule has 1 aliphatic rings. The fraction of sp³-hybridized carbons (Fsp3) is 0.276. The number of hydrogen-bond donors (Lipinski definition) is 1. The molecule has 4 aromatic heterocycles. The molecule has 1 aromatic carbocycles. The lowest BCUT2D eigenvalue weighted by Crippen LogP contribution is -2.44. The average molecular weight is 607 g/mol. The number of carbonyl (C=O) groups is 3. The van der Waals surface area contributed by atoms with Gasteiger partial charge in [-0.1, -0.05) is 12.1 Å². The number of halogens is 3. The van der Waals surface area contributed by atoms with Crippen LogP contribution in [0.4, 0.5) is 19.0 Å². The van der Waals surface area contributed by atoms with Crippen molar-refractivity contribution in [3.8, 4) is 17.0 Å². The molecule has 2 amide bonds. The van der Waals surface area contributed by atoms with E-state index in [4.69, 9.17) is 0 Å². The summed E-state index contributed by atoms with van der Waals surface area (Å²) in [6.45, 7) is -0.570. The second-order valence-electron chi connectivity index (χ2n) is 10.3. The third kappa shape index (κ3) is 5.67. The number of likely N-dealkylation sites (tertiary alicyclic amines) is 1. The van der Waals surface area contributed by atoms with E-state index in [1.54, 1.807) is 28.9 Å². The first-order valence-electron chi connectivity index (χ1n) is 13.6. The van der Waals surface area contributed by atoms with Crippen LogP contribution in [-0.2, 0) is 16.1 Å². The van der Waals surface area contributed by atoms with E-state index in [-0.39, 0.29) is 36.8 Å². The van der Waals surface area contributed by atoms with Gasteiger partial charge in [-0.15, -0.1) is 0 Å². The topological polar surface area (TPSA) is 137 Å². The van der Waals surface area contributed by atoms with Gasteiger partial charge in [-0.05, 0) is 30.7 Å². The number of aromatic nitrogens is 6. The van der Waals surface area contributed by atoms with Crippen molar-refractivity contribution in [2.45, 2.75) is 45.6 Å². The summed E-state index contributed by atoms with van der Waals surface area (Å²) in [4.78, 5) is 48.3. The molecule has 15 heteroatoms. The van der Waals surface area contributed by atoms with Gasteiger partial charge >= 0.3 is 6.61 Å². The van der Waals surface area contributed by atoms with Gasteiger partial charge in [0.05, 0.1) is 17.8 Å². The Hall–Kier alpha value is -5.34. The van der Waals surface area contributed by atoms with Crippen LogP contribution in [0.25, 0.3) is 27.7 Å². The molecule has 5 aromatic rings. The number of benzene rings is 1. The largest absolute Gasteiger partial charge is 0.417 e. The number of nitrogens with zero attached hydrogens (tertiary/aromatic N) is 7. The molecule has 1 N–H and O–H groups in total. The summed E-state index contributed by atoms with van der Waals surface area (Å²) in [6, 6.07) is 9.86. The third-order valence-corrected chi connectivity index (χ3v) is 7.20. The second kappa shape index (κ2) is 11.4. The van der Waals surface area contributed by atoms with Crippen molar-refractivity contribution in [1.82, 2.24) is 34.3 Å². The van der Waals surface area contributed by atoms with Crippen LogP contribution < -0.4 is 10.1 Å². The smallest absolute Gasteiger partial charge is 0.388 e. The van der Waals surface area contributed by atoms with Gasteiger partial charge in [0.15, 0.2) is 11.4 Å². The van der Waals surface area contributed by atoms with Crippen molar-refractivity contribution < 1.29 is 32.3 Å². The zero-order chi connectivity index (χ0) is 31.1. The molecule has 0 radical (unpaired) electrons. The van der Waals surface area contributed by atoms with E-state index in [9.17, 15) is 27.6 Å². The number of fused-ring (bicyclic) bond motifs is 2. The maximum Gasteiger partial charge on any atom is 0.388 e. The summed E-state index contributed by atoms with van der Waals surface area (Å²) in [5.74, 6) is -2.16. The van der Waals surface area contributed by atoms with E-state index in [1.807, 2.05) is 19.2 Å². The molecule has 5 heterocycles. The molecule has 1 fully saturated rings. The van der Waals surface area contributed by atoms with Crippen LogP contribution in [0, 0.1) is 6.92 Å². The minimum atomic E-state index is -3.11. The maximum atomic E-state index is 14.5. The van der Waals surface area contributed by atoms with Gasteiger partial charge in [-0.25, -0.2) is 13.9 Å². The average Bonchev–Trinajstić information content (AvgIpc) is 3.66. The molecule has 0 spiro atoms. The van der Waals surface area contributed by atoms with Crippen LogP contribution in [0.3, 0.4) is 0 Å². The van der Waals surface area contributed by atoms with E-state index in [0.29, 0.717) is 16.6 Å². The van der Waals surface area contributed by atoms with Gasteiger partial charge in [0.1, 0.15) is 30.3 Å². The number of amides is 2. The lowest BCUT2D eigenvalue weighted by molar-refractivity contribution is -0.137. The van der Waals surface area contributed by atoms with Crippen LogP contribution in [0.2, 0.25) is 0 Å². The van der Waals surface area contributed by atoms with Crippen LogP contribution in [0.15, 0.2) is 54.9 Å². The summed E-state index contributed by atoms with van der Waals surface area (Å²) in [7, 11) is 0. The van der Waals surface area contributed by atoms with E-state index in [1.165, 1.54) is 29.8 Å². The molecule has 0 saturated carbocycles. The monoisotopic (exact) mass is 606 g/mol. The Morgan fingerprint density at radius 2 is 1.93 bits per heavy atom. The standard InChI is InChI=1S/C29H25F3N8O4/c1-15-8-24-33-11-18(12-40(24)36-15)17-6-7-21-20(9-17)27(16(2)41)37-39(21)14-26(42)38-13-19(30)10-22(38)28(43)35-23-4-3-5-25(34-23)44-29(31)32/h3-9,11-12,19,22,29H,10,13-14H2,1-2H3,(H,34,35,43)/t19-,22+/m1/s1. The van der Waals surface area contributed by atoms with Crippen LogP contribution in [0.5, 0.6) is 5.88 Å². The van der Waals surface area contributed by atoms with Gasteiger partial charge in [0.2, 0.25) is 17.7 Å². The molecule has 12 nitrogen and oxygen atoms in total. The predicted octanol–water partition coefficient (Wildman–Crippen LogP) is 3.83. The molecular formula is C29H25F3N8O4. The number of aryl methyl sites for hydroxylation is 1. The molecule has 44 heavy (non-hydrogen) atoms. The Morgan fingerprint density at radius 1 is 1.11 bits per heavy atom. The molecule has 226 valence electrons. The number of pyridine rings is 1. The Labute approximate surface area is 247 Å². The molecule has 2 atom stereocenters. The first kappa shape index (κ1) is 28.8. The maximum absolute atomic E-state index is 14.5. The van der Waals surface area contributed by atoms with Gasteiger partial charge in [0.25, 0.3) is 0 Å². The van der Waals surface area contributed by atoms with E-state index in [2.05, 4.69) is 30.2 Å². The van der Waals surface area contributed by atoms with Crippen molar-refractivity contribution in [2.24, 2.45) is 0 Å². The third-order valence-electron chi connectivity index (χ3n) is 7.20. The Balaban J connectivity index is 1.24. The lowest BCUT2D eigenvalue weighted by atomic mass is 10.0. The lowest BCUT2D eigenvalue weighted by Gasteiger charge is -2.23. The van der Waals surface area contributed by atoms with Crippen LogP contribution >= 0.6 is 0 Å². The number of ketones is 1. The van der Waals surface area contributed by atoms with Gasteiger partial charge in [-0.3, -0.25) is 19.1 Å². The highest BCUT2D eigenvalue weighted by Crippen LogP contribution is 2.28. The van der Waals surface area contributed by atoms with Crippen molar-refractivity contribution in [1.29, 1.82) is 0 Å². The first-order valence-corrected chi connectivity index (χ1v) is 13.6. The molecule has 0 bridgehead atoms. The quantitative estimate of drug-likeness (QED) is 0.263. The molecule has 0 aliphatic carbocycles. The summed E-state index contributed by atoms with van der Waals surface area (Å²) >= 11 is 0. The summed E-state index contributed by atoms with van der Waals surface area (Å²) in [5, 5.41) is 11.7. The second-order valence-corrected chi connectivity index (χ2v) is 10.3. The predicted molar refractivity (Wildman–Crippen MR) is 151 cm³/mol. The number of alkyl halides is 3. The van der Waals surface area contributed by atoms with Gasteiger partial charge < -0.3 is 15.0 Å². The van der Waals surface area contributed by atoms with Crippen LogP contribution in [-0.4, -0.2) is 77.2 Å². The highest BCUT2D eigenvalue weighted by Gasteiger charge is 2.40. The summed E-state index contributed by atoms with van der Waals surface area (Å²) in [6.07, 6.45) is 1.79. The first-order chi connectivity index (χ1) is 21.0. The number of hydrogen-bond acceptors (Lipinski definition) is 8. The summed E-state index contributed by atoms with van der Waals surface area (Å²) in [5.41, 5.74) is 3.65. The zero-order valence-electron chi connectivity index (χ0n) is 23.4. The molecule has 1 saturated heterocycles. The normalized spacial score (nSPS) is 16.6. The molecule has 6 rings (SSSR count). The Morgan fingerprint density at radius 3 is 2.70 bits per heavy atom. The number of Topliss-reactive ketones (excluding diaryl/α,β-unsaturated/α-hetero) is 1. The van der Waals surface area contributed by atoms with E-state index in [0.717, 1.165) is 21.7 Å². The van der Waals surface area contributed by atoms with Crippen LogP contribution in [0.1, 0.15) is 29.5 Å². The molecule has 0 unspecified atom stereocenters. The minimum absolute atomic E-state index is 0.0973. The van der Waals surface area contributed by atoms with E-state index < -0.39 is 36.5 Å². The highest BCUT2D eigenvalue weighted by molar-refractivity contribution is 6.06. The van der Waals surface area contributed by atoms with Crippen molar-refractivity contribution >= 4 is 40.0 Å². The Bertz CT molecular complexity index is 1920. The number of anilines is 1. The fourth-order valence-electron chi connectivity index (χ4n) is 5.26. The van der Waals surface area contributed by atoms with Gasteiger partial charge in [0, 0.05) is 48.8 Å². The fourth-order valence-corrected chi connectivity index (χ4v) is 5.26. The van der Waals surface area contributed by atoms with E-state index >= 15 is 0 Å². The van der Waals surface area contributed by atoms with Gasteiger partial charge in [-0.2, -0.15) is 24.0 Å². The summed E-state index contributed by atoms with van der Waals surface area (Å²) < 4.78 is 46.9. The van der Waals surface area contributed by atoms with Crippen molar-refractivity contribution in [3.63, 3.8) is 0 Å². The zero-order valence-corrected chi connectivity index (χ0v) is 23.4. The number of carbonyl (C=O) groups excluding carboxylic acids is 3. The van der Waals surface area contributed by atoms with Crippen molar-refractivity contribution in [2.75, 3.05) is 11.9 Å².